The van der Waals surface area contributed by atoms with Gasteiger partial charge in [-0.05, 0) is 18.2 Å². The van der Waals surface area contributed by atoms with E-state index in [2.05, 4.69) is 39.5 Å². The molecular formula is C12H19IN4. The molecular weight excluding hydrogens is 327 g/mol. The number of hydrogen-bond acceptors (Lipinski definition) is 3. The molecule has 0 spiro atoms. The Morgan fingerprint density at radius 3 is 2.41 bits per heavy atom. The van der Waals surface area contributed by atoms with E-state index in [0.717, 1.165) is 10.2 Å². The SMILES string of the molecule is CC(Nc1ccc(N)cc1C#N)[N+](C)(C)C.[I-]. The van der Waals surface area contributed by atoms with Gasteiger partial charge in [-0.1, -0.05) is 0 Å². The van der Waals surface area contributed by atoms with Crippen LogP contribution >= 0.6 is 0 Å². The van der Waals surface area contributed by atoms with Gasteiger partial charge in [0.25, 0.3) is 0 Å². The highest BCUT2D eigenvalue weighted by Gasteiger charge is 2.18. The fraction of sp³-hybridized carbons (Fsp3) is 0.417. The van der Waals surface area contributed by atoms with E-state index >= 15 is 0 Å². The van der Waals surface area contributed by atoms with Crippen molar-refractivity contribution < 1.29 is 28.5 Å². The summed E-state index contributed by atoms with van der Waals surface area (Å²) in [4.78, 5) is 0. The third kappa shape index (κ3) is 4.40. The van der Waals surface area contributed by atoms with Crippen LogP contribution in [0.3, 0.4) is 0 Å². The molecule has 5 heteroatoms. The molecule has 0 saturated carbocycles. The van der Waals surface area contributed by atoms with E-state index in [9.17, 15) is 0 Å². The Labute approximate surface area is 120 Å². The van der Waals surface area contributed by atoms with Crippen molar-refractivity contribution in [1.29, 1.82) is 5.26 Å². The zero-order valence-corrected chi connectivity index (χ0v) is 12.8. The van der Waals surface area contributed by atoms with E-state index in [1.165, 1.54) is 0 Å². The molecule has 17 heavy (non-hydrogen) atoms. The number of nitrogens with two attached hydrogens (primary N) is 1. The fourth-order valence-electron chi connectivity index (χ4n) is 1.20. The van der Waals surface area contributed by atoms with Crippen molar-refractivity contribution in [3.63, 3.8) is 0 Å². The number of nitriles is 1. The molecule has 1 aromatic rings. The van der Waals surface area contributed by atoms with E-state index < -0.39 is 0 Å². The Balaban J connectivity index is 0.00000256. The van der Waals surface area contributed by atoms with Gasteiger partial charge in [-0.15, -0.1) is 0 Å². The Kier molecular flexibility index (Phi) is 5.72. The van der Waals surface area contributed by atoms with Gasteiger partial charge in [-0.3, -0.25) is 0 Å². The normalized spacial score (nSPS) is 12.2. The predicted octanol–water partition coefficient (Wildman–Crippen LogP) is -1.39. The molecule has 0 heterocycles. The smallest absolute Gasteiger partial charge is 0.158 e. The summed E-state index contributed by atoms with van der Waals surface area (Å²) in [7, 11) is 6.29. The van der Waals surface area contributed by atoms with E-state index in [0.29, 0.717) is 11.3 Å². The van der Waals surface area contributed by atoms with Crippen LogP contribution in [0.15, 0.2) is 18.2 Å². The first-order valence-electron chi connectivity index (χ1n) is 5.22. The molecule has 0 saturated heterocycles. The van der Waals surface area contributed by atoms with Crippen LogP contribution in [0.1, 0.15) is 12.5 Å². The molecule has 0 amide bonds. The van der Waals surface area contributed by atoms with Crippen LogP contribution in [0.25, 0.3) is 0 Å². The number of quaternary nitrogens is 1. The van der Waals surface area contributed by atoms with Crippen LogP contribution < -0.4 is 35.0 Å². The molecule has 1 unspecified atom stereocenters. The van der Waals surface area contributed by atoms with E-state index in [4.69, 9.17) is 11.0 Å². The summed E-state index contributed by atoms with van der Waals surface area (Å²) >= 11 is 0. The summed E-state index contributed by atoms with van der Waals surface area (Å²) in [5.41, 5.74) is 7.66. The van der Waals surface area contributed by atoms with Crippen molar-refractivity contribution in [2.75, 3.05) is 32.2 Å². The third-order valence-corrected chi connectivity index (χ3v) is 2.69. The number of anilines is 2. The minimum absolute atomic E-state index is 0. The van der Waals surface area contributed by atoms with Gasteiger partial charge in [0, 0.05) is 12.6 Å². The molecule has 4 nitrogen and oxygen atoms in total. The second-order valence-corrected chi connectivity index (χ2v) is 4.85. The summed E-state index contributed by atoms with van der Waals surface area (Å²) in [6.45, 7) is 2.08. The Morgan fingerprint density at radius 2 is 1.94 bits per heavy atom. The second kappa shape index (κ2) is 6.07. The standard InChI is InChI=1S/C12H19N4.HI/c1-9(16(2,3)4)15-12-6-5-11(14)7-10(12)8-13;/h5-7,9,15H,14H2,1-4H3;1H/q+1;/p-1. The molecule has 1 atom stereocenters. The Morgan fingerprint density at radius 1 is 1.35 bits per heavy atom. The van der Waals surface area contributed by atoms with Gasteiger partial charge < -0.3 is 39.5 Å². The summed E-state index contributed by atoms with van der Waals surface area (Å²) < 4.78 is 0.773. The maximum absolute atomic E-state index is 9.01. The number of halogens is 1. The summed E-state index contributed by atoms with van der Waals surface area (Å²) in [5.74, 6) is 0. The van der Waals surface area contributed by atoms with E-state index in [1.54, 1.807) is 12.1 Å². The fourth-order valence-corrected chi connectivity index (χ4v) is 1.20. The lowest BCUT2D eigenvalue weighted by molar-refractivity contribution is -0.890. The predicted molar refractivity (Wildman–Crippen MR) is 66.7 cm³/mol. The molecule has 1 aromatic carbocycles. The number of rotatable bonds is 3. The van der Waals surface area contributed by atoms with Crippen LogP contribution in [0.4, 0.5) is 11.4 Å². The van der Waals surface area contributed by atoms with Crippen LogP contribution in [-0.4, -0.2) is 31.8 Å². The zero-order valence-electron chi connectivity index (χ0n) is 10.7. The van der Waals surface area contributed by atoms with Crippen molar-refractivity contribution in [3.05, 3.63) is 23.8 Å². The minimum atomic E-state index is 0. The Hall–Kier alpha value is -1.00. The molecule has 0 aromatic heterocycles. The first kappa shape index (κ1) is 16.0. The van der Waals surface area contributed by atoms with Crippen molar-refractivity contribution in [2.45, 2.75) is 13.1 Å². The average Bonchev–Trinajstić information content (AvgIpc) is 2.19. The van der Waals surface area contributed by atoms with Crippen LogP contribution in [0.2, 0.25) is 0 Å². The van der Waals surface area contributed by atoms with Gasteiger partial charge in [-0.25, -0.2) is 0 Å². The number of nitrogens with one attached hydrogen (secondary N) is 1. The third-order valence-electron chi connectivity index (χ3n) is 2.69. The molecule has 0 bridgehead atoms. The Bertz CT molecular complexity index is 417. The summed E-state index contributed by atoms with van der Waals surface area (Å²) in [6.07, 6.45) is 0.218. The first-order chi connectivity index (χ1) is 7.34. The molecule has 0 radical (unpaired) electrons. The summed E-state index contributed by atoms with van der Waals surface area (Å²) in [5, 5.41) is 12.3. The van der Waals surface area contributed by atoms with Crippen LogP contribution in [0, 0.1) is 11.3 Å². The highest BCUT2D eigenvalue weighted by Crippen LogP contribution is 2.19. The van der Waals surface area contributed by atoms with Gasteiger partial charge in [0.15, 0.2) is 6.17 Å². The molecule has 1 rings (SSSR count). The van der Waals surface area contributed by atoms with Crippen molar-refractivity contribution in [3.8, 4) is 6.07 Å². The van der Waals surface area contributed by atoms with Crippen LogP contribution in [0.5, 0.6) is 0 Å². The molecule has 0 aliphatic rings. The minimum Gasteiger partial charge on any atom is -1.00 e. The largest absolute Gasteiger partial charge is 1.00 e. The van der Waals surface area contributed by atoms with E-state index in [1.807, 2.05) is 6.07 Å². The maximum Gasteiger partial charge on any atom is 0.158 e. The lowest BCUT2D eigenvalue weighted by Crippen LogP contribution is -3.00. The molecule has 0 aliphatic heterocycles. The van der Waals surface area contributed by atoms with E-state index in [-0.39, 0.29) is 30.1 Å². The molecule has 0 fully saturated rings. The summed E-state index contributed by atoms with van der Waals surface area (Å²) in [6, 6.07) is 7.47. The topological polar surface area (TPSA) is 61.8 Å². The number of nitrogen functional groups attached to an aromatic ring is 1. The monoisotopic (exact) mass is 346 g/mol. The quantitative estimate of drug-likeness (QED) is 0.307. The average molecular weight is 346 g/mol. The number of hydrogen-bond donors (Lipinski definition) is 2. The van der Waals surface area contributed by atoms with Crippen LogP contribution in [-0.2, 0) is 0 Å². The van der Waals surface area contributed by atoms with Crippen molar-refractivity contribution in [2.24, 2.45) is 0 Å². The number of nitrogens with zero attached hydrogens (tertiary/aromatic N) is 2. The second-order valence-electron chi connectivity index (χ2n) is 4.85. The molecule has 3 N–H and O–H groups in total. The van der Waals surface area contributed by atoms with Gasteiger partial charge >= 0.3 is 0 Å². The number of benzene rings is 1. The molecule has 94 valence electrons. The lowest BCUT2D eigenvalue weighted by atomic mass is 10.1. The highest BCUT2D eigenvalue weighted by atomic mass is 127. The molecule has 0 aliphatic carbocycles. The highest BCUT2D eigenvalue weighted by molar-refractivity contribution is 5.63. The lowest BCUT2D eigenvalue weighted by Gasteiger charge is -2.32. The van der Waals surface area contributed by atoms with Gasteiger partial charge in [0.2, 0.25) is 0 Å². The van der Waals surface area contributed by atoms with Gasteiger partial charge in [-0.2, -0.15) is 5.26 Å². The van der Waals surface area contributed by atoms with Gasteiger partial charge in [0.1, 0.15) is 6.07 Å². The first-order valence-corrected chi connectivity index (χ1v) is 5.22. The maximum atomic E-state index is 9.01. The zero-order chi connectivity index (χ0) is 12.3. The van der Waals surface area contributed by atoms with Crippen molar-refractivity contribution >= 4 is 11.4 Å². The van der Waals surface area contributed by atoms with Gasteiger partial charge in [0.05, 0.1) is 32.4 Å². The van der Waals surface area contributed by atoms with Crippen molar-refractivity contribution in [1.82, 2.24) is 0 Å².